The topological polar surface area (TPSA) is 117 Å². The first-order chi connectivity index (χ1) is 14.0. The number of ether oxygens (including phenoxy) is 1. The summed E-state index contributed by atoms with van der Waals surface area (Å²) in [5, 5.41) is 8.48. The number of amides is 4. The van der Waals surface area contributed by atoms with E-state index in [4.69, 9.17) is 4.74 Å². The van der Waals surface area contributed by atoms with Crippen molar-refractivity contribution >= 4 is 23.6 Å². The summed E-state index contributed by atoms with van der Waals surface area (Å²) in [5.74, 6) is -1.97. The summed E-state index contributed by atoms with van der Waals surface area (Å²) < 4.78 is 5.52. The Bertz CT molecular complexity index is 810. The maximum absolute atomic E-state index is 13.0. The first kappa shape index (κ1) is 21.1. The summed E-state index contributed by atoms with van der Waals surface area (Å²) in [6.07, 6.45) is 1.19. The fraction of sp³-hybridized carbons (Fsp3) is 0.500. The molecular formula is C20H26N4O5. The molecule has 0 bridgehead atoms. The van der Waals surface area contributed by atoms with Crippen LogP contribution in [0.25, 0.3) is 0 Å². The third-order valence-corrected chi connectivity index (χ3v) is 5.01. The first-order valence-corrected chi connectivity index (χ1v) is 9.81. The van der Waals surface area contributed by atoms with E-state index in [2.05, 4.69) is 16.0 Å². The Balaban J connectivity index is 1.61. The summed E-state index contributed by atoms with van der Waals surface area (Å²) in [4.78, 5) is 50.3. The van der Waals surface area contributed by atoms with Crippen molar-refractivity contribution in [2.75, 3.05) is 33.4 Å². The van der Waals surface area contributed by atoms with Crippen molar-refractivity contribution in [1.82, 2.24) is 20.9 Å². The van der Waals surface area contributed by atoms with Crippen molar-refractivity contribution in [2.24, 2.45) is 0 Å². The molecule has 29 heavy (non-hydrogen) atoms. The average molecular weight is 402 g/mol. The number of fused-ring (bicyclic) bond motifs is 1. The Morgan fingerprint density at radius 1 is 1.14 bits per heavy atom. The molecular weight excluding hydrogens is 376 g/mol. The van der Waals surface area contributed by atoms with Crippen molar-refractivity contribution in [3.8, 4) is 0 Å². The number of carbonyl (C=O) groups is 4. The molecule has 2 heterocycles. The fourth-order valence-corrected chi connectivity index (χ4v) is 3.55. The molecule has 1 saturated heterocycles. The molecule has 3 rings (SSSR count). The van der Waals surface area contributed by atoms with Gasteiger partial charge in [-0.1, -0.05) is 12.1 Å². The number of hydrogen-bond donors (Lipinski definition) is 3. The van der Waals surface area contributed by atoms with Crippen LogP contribution in [-0.4, -0.2) is 67.9 Å². The van der Waals surface area contributed by atoms with E-state index in [1.54, 1.807) is 18.2 Å². The maximum Gasteiger partial charge on any atom is 0.262 e. The van der Waals surface area contributed by atoms with E-state index >= 15 is 0 Å². The molecule has 9 nitrogen and oxygen atoms in total. The number of nitrogens with zero attached hydrogens (tertiary/aromatic N) is 1. The van der Waals surface area contributed by atoms with Gasteiger partial charge >= 0.3 is 0 Å². The van der Waals surface area contributed by atoms with Gasteiger partial charge in [-0.15, -0.1) is 0 Å². The van der Waals surface area contributed by atoms with Gasteiger partial charge in [-0.05, 0) is 38.1 Å². The molecule has 1 aromatic rings. The molecule has 1 unspecified atom stereocenters. The van der Waals surface area contributed by atoms with E-state index in [9.17, 15) is 19.2 Å². The second kappa shape index (κ2) is 9.73. The predicted octanol–water partition coefficient (Wildman–Crippen LogP) is -0.196. The lowest BCUT2D eigenvalue weighted by molar-refractivity contribution is -0.136. The lowest BCUT2D eigenvalue weighted by atomic mass is 10.0. The minimum absolute atomic E-state index is 0.104. The van der Waals surface area contributed by atoms with Gasteiger partial charge in [0, 0.05) is 26.1 Å². The van der Waals surface area contributed by atoms with E-state index in [0.717, 1.165) is 17.9 Å². The highest BCUT2D eigenvalue weighted by Crippen LogP contribution is 2.29. The van der Waals surface area contributed by atoms with Gasteiger partial charge in [-0.25, -0.2) is 0 Å². The van der Waals surface area contributed by atoms with Crippen molar-refractivity contribution < 1.29 is 23.9 Å². The molecule has 156 valence electrons. The van der Waals surface area contributed by atoms with Crippen molar-refractivity contribution in [1.29, 1.82) is 0 Å². The summed E-state index contributed by atoms with van der Waals surface area (Å²) in [5.41, 5.74) is 1.32. The standard InChI is InChI=1S/C20H26N4O5/c1-21-8-3-10-29-11-9-22-12-13-4-2-5-14-17(13)20(28)24(19(14)27)15-6-7-16(25)23-18(15)26/h2,4-5,15,21-22H,3,6-12H2,1H3,(H,23,25,26). The van der Waals surface area contributed by atoms with Crippen LogP contribution in [0, 0.1) is 0 Å². The number of rotatable bonds is 10. The molecule has 3 N–H and O–H groups in total. The largest absolute Gasteiger partial charge is 0.380 e. The van der Waals surface area contributed by atoms with Crippen molar-refractivity contribution in [3.63, 3.8) is 0 Å². The van der Waals surface area contributed by atoms with E-state index in [-0.39, 0.29) is 18.7 Å². The van der Waals surface area contributed by atoms with Gasteiger partial charge in [0.05, 0.1) is 17.7 Å². The molecule has 0 saturated carbocycles. The number of nitrogens with one attached hydrogen (secondary N) is 3. The number of piperidine rings is 1. The molecule has 0 aliphatic carbocycles. The minimum Gasteiger partial charge on any atom is -0.380 e. The Labute approximate surface area is 169 Å². The van der Waals surface area contributed by atoms with Gasteiger partial charge in [-0.3, -0.25) is 29.4 Å². The van der Waals surface area contributed by atoms with E-state index in [0.29, 0.717) is 43.0 Å². The van der Waals surface area contributed by atoms with Crippen LogP contribution in [-0.2, 0) is 20.9 Å². The lowest BCUT2D eigenvalue weighted by Gasteiger charge is -2.27. The summed E-state index contributed by atoms with van der Waals surface area (Å²) in [6, 6.07) is 4.16. The van der Waals surface area contributed by atoms with Gasteiger partial charge in [0.15, 0.2) is 0 Å². The zero-order chi connectivity index (χ0) is 20.8. The SMILES string of the molecule is CNCCCOCCNCc1cccc2c1C(=O)N(C1CCC(=O)NC1=O)C2=O. The third kappa shape index (κ3) is 4.69. The average Bonchev–Trinajstić information content (AvgIpc) is 2.95. The van der Waals surface area contributed by atoms with E-state index in [1.165, 1.54) is 0 Å². The summed E-state index contributed by atoms with van der Waals surface area (Å²) in [6.45, 7) is 3.15. The second-order valence-electron chi connectivity index (χ2n) is 7.03. The normalized spacial score (nSPS) is 18.9. The van der Waals surface area contributed by atoms with Crippen LogP contribution in [0.1, 0.15) is 45.5 Å². The Morgan fingerprint density at radius 2 is 1.97 bits per heavy atom. The monoisotopic (exact) mass is 402 g/mol. The molecule has 0 radical (unpaired) electrons. The highest BCUT2D eigenvalue weighted by molar-refractivity contribution is 6.24. The molecule has 1 atom stereocenters. The number of hydrogen-bond acceptors (Lipinski definition) is 7. The molecule has 0 aromatic heterocycles. The van der Waals surface area contributed by atoms with Crippen molar-refractivity contribution in [3.05, 3.63) is 34.9 Å². The zero-order valence-electron chi connectivity index (χ0n) is 16.5. The van der Waals surface area contributed by atoms with Crippen LogP contribution in [0.3, 0.4) is 0 Å². The molecule has 0 spiro atoms. The number of imide groups is 2. The lowest BCUT2D eigenvalue weighted by Crippen LogP contribution is -2.54. The van der Waals surface area contributed by atoms with Gasteiger partial charge in [-0.2, -0.15) is 0 Å². The van der Waals surface area contributed by atoms with E-state index in [1.807, 2.05) is 7.05 Å². The highest BCUT2D eigenvalue weighted by Gasteiger charge is 2.45. The van der Waals surface area contributed by atoms with Gasteiger partial charge in [0.25, 0.3) is 11.8 Å². The van der Waals surface area contributed by atoms with Gasteiger partial charge in [0.2, 0.25) is 11.8 Å². The number of carbonyl (C=O) groups excluding carboxylic acids is 4. The van der Waals surface area contributed by atoms with Crippen LogP contribution in [0.2, 0.25) is 0 Å². The van der Waals surface area contributed by atoms with Crippen molar-refractivity contribution in [2.45, 2.75) is 31.8 Å². The Morgan fingerprint density at radius 3 is 2.72 bits per heavy atom. The molecule has 4 amide bonds. The Kier molecular flexibility index (Phi) is 7.08. The van der Waals surface area contributed by atoms with Gasteiger partial charge in [0.1, 0.15) is 6.04 Å². The van der Waals surface area contributed by atoms with Crippen LogP contribution in [0.5, 0.6) is 0 Å². The van der Waals surface area contributed by atoms with Gasteiger partial charge < -0.3 is 15.4 Å². The van der Waals surface area contributed by atoms with Crippen LogP contribution >= 0.6 is 0 Å². The smallest absolute Gasteiger partial charge is 0.262 e. The molecule has 9 heteroatoms. The second-order valence-corrected chi connectivity index (χ2v) is 7.03. The summed E-state index contributed by atoms with van der Waals surface area (Å²) >= 11 is 0. The quantitative estimate of drug-likeness (QED) is 0.367. The van der Waals surface area contributed by atoms with E-state index < -0.39 is 23.8 Å². The zero-order valence-corrected chi connectivity index (χ0v) is 16.5. The Hall–Kier alpha value is -2.62. The fourth-order valence-electron chi connectivity index (χ4n) is 3.55. The molecule has 1 fully saturated rings. The van der Waals surface area contributed by atoms with Crippen LogP contribution in [0.15, 0.2) is 18.2 Å². The van der Waals surface area contributed by atoms with Crippen LogP contribution < -0.4 is 16.0 Å². The highest BCUT2D eigenvalue weighted by atomic mass is 16.5. The molecule has 1 aromatic carbocycles. The molecule has 2 aliphatic rings. The maximum atomic E-state index is 13.0. The predicted molar refractivity (Wildman–Crippen MR) is 104 cm³/mol. The minimum atomic E-state index is -0.952. The van der Waals surface area contributed by atoms with Crippen LogP contribution in [0.4, 0.5) is 0 Å². The first-order valence-electron chi connectivity index (χ1n) is 9.81. The molecule has 2 aliphatic heterocycles. The summed E-state index contributed by atoms with van der Waals surface area (Å²) in [7, 11) is 1.90. The number of benzene rings is 1. The third-order valence-electron chi connectivity index (χ3n) is 5.01.